The number of rotatable bonds is 1. The first-order chi connectivity index (χ1) is 8.65. The van der Waals surface area contributed by atoms with Crippen LogP contribution in [-0.2, 0) is 0 Å². The van der Waals surface area contributed by atoms with Crippen molar-refractivity contribution in [1.82, 2.24) is 9.88 Å². The van der Waals surface area contributed by atoms with E-state index in [1.807, 2.05) is 4.90 Å². The number of amides is 1. The molecule has 0 radical (unpaired) electrons. The van der Waals surface area contributed by atoms with E-state index in [1.165, 1.54) is 12.1 Å². The zero-order valence-corrected chi connectivity index (χ0v) is 10.6. The molecule has 0 N–H and O–H groups in total. The molecular weight excluding hydrogens is 255 g/mol. The lowest BCUT2D eigenvalue weighted by atomic mass is 10.0. The highest BCUT2D eigenvalue weighted by molar-refractivity contribution is 6.20. The Balaban J connectivity index is 1.83. The van der Waals surface area contributed by atoms with Crippen molar-refractivity contribution < 1.29 is 9.18 Å². The van der Waals surface area contributed by atoms with Gasteiger partial charge in [0, 0.05) is 17.5 Å². The molecule has 2 saturated heterocycles. The van der Waals surface area contributed by atoms with Crippen LogP contribution in [0.25, 0.3) is 0 Å². The van der Waals surface area contributed by atoms with Crippen molar-refractivity contribution in [3.8, 4) is 0 Å². The second-order valence-electron chi connectivity index (χ2n) is 5.03. The smallest absolute Gasteiger partial charge is 0.272 e. The second kappa shape index (κ2) is 4.50. The van der Waals surface area contributed by atoms with Gasteiger partial charge in [-0.15, -0.1) is 11.6 Å². The van der Waals surface area contributed by atoms with Crippen LogP contribution in [0.4, 0.5) is 4.39 Å². The Morgan fingerprint density at radius 3 is 2.56 bits per heavy atom. The number of carbonyl (C=O) groups is 1. The number of alkyl halides is 1. The number of piperidine rings is 1. The third-order valence-electron chi connectivity index (χ3n) is 3.86. The number of carbonyl (C=O) groups excluding carboxylic acids is 1. The first kappa shape index (κ1) is 11.9. The van der Waals surface area contributed by atoms with Crippen molar-refractivity contribution in [3.05, 3.63) is 29.8 Å². The van der Waals surface area contributed by atoms with Gasteiger partial charge in [-0.3, -0.25) is 4.79 Å². The molecule has 3 nitrogen and oxygen atoms in total. The molecule has 96 valence electrons. The Labute approximate surface area is 110 Å². The standard InChI is InChI=1S/C13H14ClFN2O/c14-8-5-10-2-3-11(6-8)17(10)13(18)12-4-1-9(15)7-16-12/h1,4,7-8,10-11H,2-3,5-6H2. The van der Waals surface area contributed by atoms with Crippen LogP contribution < -0.4 is 0 Å². The minimum Gasteiger partial charge on any atom is -0.331 e. The number of aromatic nitrogens is 1. The van der Waals surface area contributed by atoms with Gasteiger partial charge in [-0.25, -0.2) is 9.37 Å². The van der Waals surface area contributed by atoms with E-state index in [1.54, 1.807) is 0 Å². The summed E-state index contributed by atoms with van der Waals surface area (Å²) in [5, 5.41) is 0.174. The molecule has 2 bridgehead atoms. The molecule has 0 spiro atoms. The molecule has 3 heterocycles. The maximum Gasteiger partial charge on any atom is 0.272 e. The molecule has 0 aliphatic carbocycles. The van der Waals surface area contributed by atoms with Crippen LogP contribution in [0.1, 0.15) is 36.2 Å². The van der Waals surface area contributed by atoms with Crippen molar-refractivity contribution in [3.63, 3.8) is 0 Å². The van der Waals surface area contributed by atoms with Gasteiger partial charge in [0.25, 0.3) is 5.91 Å². The molecule has 5 heteroatoms. The van der Waals surface area contributed by atoms with Gasteiger partial charge < -0.3 is 4.90 Å². The van der Waals surface area contributed by atoms with Gasteiger partial charge in [0.2, 0.25) is 0 Å². The number of hydrogen-bond donors (Lipinski definition) is 0. The molecule has 1 amide bonds. The summed E-state index contributed by atoms with van der Waals surface area (Å²) in [4.78, 5) is 18.1. The van der Waals surface area contributed by atoms with E-state index in [0.29, 0.717) is 5.69 Å². The molecule has 1 aromatic rings. The quantitative estimate of drug-likeness (QED) is 0.734. The van der Waals surface area contributed by atoms with E-state index >= 15 is 0 Å². The Morgan fingerprint density at radius 2 is 2.00 bits per heavy atom. The van der Waals surface area contributed by atoms with Crippen LogP contribution in [0.5, 0.6) is 0 Å². The van der Waals surface area contributed by atoms with Crippen LogP contribution in [0.2, 0.25) is 0 Å². The molecule has 2 aliphatic heterocycles. The van der Waals surface area contributed by atoms with Gasteiger partial charge in [0.1, 0.15) is 11.5 Å². The molecule has 0 aromatic carbocycles. The number of hydrogen-bond acceptors (Lipinski definition) is 2. The Hall–Kier alpha value is -1.16. The van der Waals surface area contributed by atoms with Crippen molar-refractivity contribution >= 4 is 17.5 Å². The molecule has 2 atom stereocenters. The summed E-state index contributed by atoms with van der Waals surface area (Å²) in [7, 11) is 0. The largest absolute Gasteiger partial charge is 0.331 e. The fourth-order valence-corrected chi connectivity index (χ4v) is 3.49. The molecule has 18 heavy (non-hydrogen) atoms. The summed E-state index contributed by atoms with van der Waals surface area (Å²) in [6.45, 7) is 0. The number of pyridine rings is 1. The van der Waals surface area contributed by atoms with Crippen molar-refractivity contribution in [2.24, 2.45) is 0 Å². The lowest BCUT2D eigenvalue weighted by Gasteiger charge is -2.36. The maximum absolute atomic E-state index is 12.8. The predicted octanol–water partition coefficient (Wildman–Crippen LogP) is 2.60. The Bertz CT molecular complexity index is 451. The molecular formula is C13H14ClFN2O. The van der Waals surface area contributed by atoms with Crippen LogP contribution in [0, 0.1) is 5.82 Å². The molecule has 2 unspecified atom stereocenters. The summed E-state index contributed by atoms with van der Waals surface area (Å²) < 4.78 is 12.8. The van der Waals surface area contributed by atoms with Crippen molar-refractivity contribution in [2.45, 2.75) is 43.1 Å². The van der Waals surface area contributed by atoms with Gasteiger partial charge in [-0.05, 0) is 37.8 Å². The zero-order valence-electron chi connectivity index (χ0n) is 9.85. The third-order valence-corrected chi connectivity index (χ3v) is 4.21. The normalized spacial score (nSPS) is 30.6. The Morgan fingerprint density at radius 1 is 1.33 bits per heavy atom. The summed E-state index contributed by atoms with van der Waals surface area (Å²) in [5.74, 6) is -0.514. The minimum atomic E-state index is -0.422. The molecule has 1 aromatic heterocycles. The first-order valence-electron chi connectivity index (χ1n) is 6.23. The van der Waals surface area contributed by atoms with E-state index in [4.69, 9.17) is 11.6 Å². The van der Waals surface area contributed by atoms with Gasteiger partial charge in [-0.2, -0.15) is 0 Å². The van der Waals surface area contributed by atoms with Crippen molar-refractivity contribution in [1.29, 1.82) is 0 Å². The van der Waals surface area contributed by atoms with Gasteiger partial charge in [-0.1, -0.05) is 0 Å². The fourth-order valence-electron chi connectivity index (χ4n) is 3.08. The molecule has 2 fully saturated rings. The Kier molecular flexibility index (Phi) is 2.98. The monoisotopic (exact) mass is 268 g/mol. The average molecular weight is 269 g/mol. The van der Waals surface area contributed by atoms with E-state index in [9.17, 15) is 9.18 Å². The summed E-state index contributed by atoms with van der Waals surface area (Å²) in [6.07, 6.45) is 4.82. The molecule has 0 saturated carbocycles. The lowest BCUT2D eigenvalue weighted by molar-refractivity contribution is 0.0593. The van der Waals surface area contributed by atoms with Gasteiger partial charge in [0.15, 0.2) is 0 Å². The first-order valence-corrected chi connectivity index (χ1v) is 6.67. The predicted molar refractivity (Wildman–Crippen MR) is 66.0 cm³/mol. The highest BCUT2D eigenvalue weighted by Gasteiger charge is 2.43. The van der Waals surface area contributed by atoms with Gasteiger partial charge >= 0.3 is 0 Å². The van der Waals surface area contributed by atoms with Crippen molar-refractivity contribution in [2.75, 3.05) is 0 Å². The van der Waals surface area contributed by atoms with E-state index < -0.39 is 5.82 Å². The number of fused-ring (bicyclic) bond motifs is 2. The second-order valence-corrected chi connectivity index (χ2v) is 5.64. The average Bonchev–Trinajstić information content (AvgIpc) is 2.62. The molecule has 3 rings (SSSR count). The fraction of sp³-hybridized carbons (Fsp3) is 0.538. The third kappa shape index (κ3) is 1.99. The van der Waals surface area contributed by atoms with Crippen LogP contribution >= 0.6 is 11.6 Å². The summed E-state index contributed by atoms with van der Waals surface area (Å²) in [5.41, 5.74) is 0.321. The van der Waals surface area contributed by atoms with Crippen LogP contribution in [-0.4, -0.2) is 33.3 Å². The highest BCUT2D eigenvalue weighted by atomic mass is 35.5. The van der Waals surface area contributed by atoms with E-state index in [-0.39, 0.29) is 23.4 Å². The van der Waals surface area contributed by atoms with Crippen LogP contribution in [0.15, 0.2) is 18.3 Å². The topological polar surface area (TPSA) is 33.2 Å². The van der Waals surface area contributed by atoms with E-state index in [0.717, 1.165) is 31.9 Å². The van der Waals surface area contributed by atoms with E-state index in [2.05, 4.69) is 4.98 Å². The maximum atomic E-state index is 12.8. The molecule has 2 aliphatic rings. The van der Waals surface area contributed by atoms with Gasteiger partial charge in [0.05, 0.1) is 6.20 Å². The number of halogens is 2. The SMILES string of the molecule is O=C(c1ccc(F)cn1)N1C2CCC1CC(Cl)C2. The zero-order chi connectivity index (χ0) is 12.7. The minimum absolute atomic E-state index is 0.0916. The number of nitrogens with zero attached hydrogens (tertiary/aromatic N) is 2. The van der Waals surface area contributed by atoms with Crippen LogP contribution in [0.3, 0.4) is 0 Å². The summed E-state index contributed by atoms with van der Waals surface area (Å²) >= 11 is 6.18. The lowest BCUT2D eigenvalue weighted by Crippen LogP contribution is -2.47. The highest BCUT2D eigenvalue weighted by Crippen LogP contribution is 2.38. The summed E-state index contributed by atoms with van der Waals surface area (Å²) in [6, 6.07) is 3.18.